The first-order chi connectivity index (χ1) is 16.9. The second-order valence-electron chi connectivity index (χ2n) is 9.58. The number of hydrogen-bond donors (Lipinski definition) is 2. The minimum atomic E-state index is -0.781. The summed E-state index contributed by atoms with van der Waals surface area (Å²) < 4.78 is 5.59. The number of nitrogens with zero attached hydrogens (tertiary/aromatic N) is 1. The Morgan fingerprint density at radius 2 is 1.60 bits per heavy atom. The number of aliphatic carboxylic acids is 1. The quantitative estimate of drug-likeness (QED) is 0.576. The van der Waals surface area contributed by atoms with Crippen LogP contribution >= 0.6 is 0 Å². The highest BCUT2D eigenvalue weighted by Gasteiger charge is 2.41. The van der Waals surface area contributed by atoms with Crippen LogP contribution in [0, 0.1) is 11.3 Å². The Morgan fingerprint density at radius 1 is 1.03 bits per heavy atom. The third-order valence-corrected chi connectivity index (χ3v) is 7.84. The zero-order valence-corrected chi connectivity index (χ0v) is 20.5. The van der Waals surface area contributed by atoms with Crippen molar-refractivity contribution in [2.45, 2.75) is 45.4 Å². The molecule has 0 bridgehead atoms. The fraction of sp³-hybridized carbons (Fsp3) is 0.464. The van der Waals surface area contributed by atoms with Gasteiger partial charge in [-0.2, -0.15) is 0 Å². The normalized spacial score (nSPS) is 17.3. The molecule has 35 heavy (non-hydrogen) atoms. The lowest BCUT2D eigenvalue weighted by molar-refractivity contribution is -0.155. The maximum Gasteiger partial charge on any atom is 0.407 e. The molecule has 186 valence electrons. The van der Waals surface area contributed by atoms with Gasteiger partial charge in [-0.1, -0.05) is 62.4 Å². The Hall–Kier alpha value is -3.35. The molecule has 1 aliphatic carbocycles. The Morgan fingerprint density at radius 3 is 2.11 bits per heavy atom. The molecule has 1 saturated heterocycles. The molecular weight excluding hydrogens is 444 g/mol. The molecule has 1 fully saturated rings. The summed E-state index contributed by atoms with van der Waals surface area (Å²) in [5, 5.41) is 12.4. The average molecular weight is 479 g/mol. The van der Waals surface area contributed by atoms with Gasteiger partial charge in [-0.3, -0.25) is 9.59 Å². The summed E-state index contributed by atoms with van der Waals surface area (Å²) in [6, 6.07) is 16.3. The Balaban J connectivity index is 1.30. The van der Waals surface area contributed by atoms with Crippen LogP contribution < -0.4 is 5.32 Å². The molecule has 7 heteroatoms. The summed E-state index contributed by atoms with van der Waals surface area (Å²) in [5.41, 5.74) is 3.91. The van der Waals surface area contributed by atoms with Crippen molar-refractivity contribution < 1.29 is 24.2 Å². The fourth-order valence-electron chi connectivity index (χ4n) is 5.39. The van der Waals surface area contributed by atoms with Crippen molar-refractivity contribution in [1.82, 2.24) is 10.2 Å². The van der Waals surface area contributed by atoms with Gasteiger partial charge >= 0.3 is 12.1 Å². The van der Waals surface area contributed by atoms with Crippen molar-refractivity contribution in [3.63, 3.8) is 0 Å². The average Bonchev–Trinajstić information content (AvgIpc) is 3.21. The van der Waals surface area contributed by atoms with Crippen molar-refractivity contribution in [3.05, 3.63) is 59.7 Å². The molecule has 0 saturated carbocycles. The van der Waals surface area contributed by atoms with Crippen molar-refractivity contribution in [3.8, 4) is 11.1 Å². The van der Waals surface area contributed by atoms with E-state index in [0.29, 0.717) is 38.8 Å². The lowest BCUT2D eigenvalue weighted by atomic mass is 9.76. The van der Waals surface area contributed by atoms with Crippen LogP contribution in [0.3, 0.4) is 0 Å². The smallest absolute Gasteiger partial charge is 0.407 e. The predicted octanol–water partition coefficient (Wildman–Crippen LogP) is 4.65. The second-order valence-corrected chi connectivity index (χ2v) is 9.58. The van der Waals surface area contributed by atoms with Gasteiger partial charge < -0.3 is 20.1 Å². The number of carbonyl (C=O) groups excluding carboxylic acids is 2. The highest BCUT2D eigenvalue weighted by atomic mass is 16.5. The lowest BCUT2D eigenvalue weighted by Gasteiger charge is -2.39. The van der Waals surface area contributed by atoms with Gasteiger partial charge in [0.05, 0.1) is 11.3 Å². The van der Waals surface area contributed by atoms with Crippen LogP contribution in [0.25, 0.3) is 11.1 Å². The first-order valence-electron chi connectivity index (χ1n) is 12.5. The molecule has 2 N–H and O–H groups in total. The van der Waals surface area contributed by atoms with Gasteiger partial charge in [0.25, 0.3) is 0 Å². The van der Waals surface area contributed by atoms with Crippen LogP contribution in [0.1, 0.15) is 56.6 Å². The van der Waals surface area contributed by atoms with Gasteiger partial charge in [0.1, 0.15) is 6.61 Å². The lowest BCUT2D eigenvalue weighted by Crippen LogP contribution is -2.49. The standard InChI is InChI=1S/C28H34N2O5/c1-3-19(25(31)30-15-13-28(4-2,14-16-30)26(32)33)17-29-27(34)35-18-24-22-11-7-5-9-20(22)21-10-6-8-12-23(21)24/h5-12,19,24H,3-4,13-18H2,1-2H3,(H,29,34)(H,32,33). The van der Waals surface area contributed by atoms with Gasteiger partial charge in [0.2, 0.25) is 5.91 Å². The number of carboxylic acids is 1. The first-order valence-corrected chi connectivity index (χ1v) is 12.5. The number of rotatable bonds is 8. The van der Waals surface area contributed by atoms with Gasteiger partial charge in [0.15, 0.2) is 0 Å². The molecule has 0 radical (unpaired) electrons. The molecular formula is C28H34N2O5. The molecule has 1 atom stereocenters. The van der Waals surface area contributed by atoms with E-state index in [1.807, 2.05) is 38.1 Å². The summed E-state index contributed by atoms with van der Waals surface area (Å²) >= 11 is 0. The van der Waals surface area contributed by atoms with Gasteiger partial charge in [-0.05, 0) is 47.9 Å². The number of piperidine rings is 1. The molecule has 0 spiro atoms. The van der Waals surface area contributed by atoms with Crippen molar-refractivity contribution in [2.24, 2.45) is 11.3 Å². The van der Waals surface area contributed by atoms with Gasteiger partial charge in [-0.25, -0.2) is 4.79 Å². The molecule has 1 unspecified atom stereocenters. The van der Waals surface area contributed by atoms with Crippen molar-refractivity contribution in [2.75, 3.05) is 26.2 Å². The maximum atomic E-state index is 13.0. The summed E-state index contributed by atoms with van der Waals surface area (Å²) in [6.45, 7) is 5.09. The number of hydrogen-bond acceptors (Lipinski definition) is 4. The van der Waals surface area contributed by atoms with Gasteiger partial charge in [0, 0.05) is 25.6 Å². The molecule has 1 aliphatic heterocycles. The second kappa shape index (κ2) is 10.5. The molecule has 0 aromatic heterocycles. The third-order valence-electron chi connectivity index (χ3n) is 7.84. The number of likely N-dealkylation sites (tertiary alicyclic amines) is 1. The van der Waals surface area contributed by atoms with E-state index in [0.717, 1.165) is 11.1 Å². The zero-order valence-electron chi connectivity index (χ0n) is 20.5. The number of nitrogens with one attached hydrogen (secondary N) is 1. The highest BCUT2D eigenvalue weighted by Crippen LogP contribution is 2.44. The van der Waals surface area contributed by atoms with E-state index in [4.69, 9.17) is 4.74 Å². The fourth-order valence-corrected chi connectivity index (χ4v) is 5.39. The highest BCUT2D eigenvalue weighted by molar-refractivity contribution is 5.81. The number of benzene rings is 2. The van der Waals surface area contributed by atoms with Crippen LogP contribution in [0.4, 0.5) is 4.79 Å². The van der Waals surface area contributed by atoms with E-state index >= 15 is 0 Å². The monoisotopic (exact) mass is 478 g/mol. The van der Waals surface area contributed by atoms with Crippen molar-refractivity contribution in [1.29, 1.82) is 0 Å². The van der Waals surface area contributed by atoms with Crippen LogP contribution in [0.5, 0.6) is 0 Å². The SMILES string of the molecule is CCC(CNC(=O)OCC1c2ccccc2-c2ccccc21)C(=O)N1CCC(CC)(C(=O)O)CC1. The number of ether oxygens (including phenoxy) is 1. The predicted molar refractivity (Wildman–Crippen MR) is 133 cm³/mol. The molecule has 4 rings (SSSR count). The molecule has 7 nitrogen and oxygen atoms in total. The molecule has 1 heterocycles. The van der Waals surface area contributed by atoms with E-state index in [1.165, 1.54) is 11.1 Å². The summed E-state index contributed by atoms with van der Waals surface area (Å²) in [4.78, 5) is 39.0. The van der Waals surface area contributed by atoms with Crippen LogP contribution in [-0.2, 0) is 14.3 Å². The number of carboxylic acid groups (broad SMARTS) is 1. The molecule has 2 aromatic rings. The molecule has 2 aromatic carbocycles. The van der Waals surface area contributed by atoms with Crippen LogP contribution in [-0.4, -0.2) is 54.2 Å². The summed E-state index contributed by atoms with van der Waals surface area (Å²) in [5.74, 6) is -1.20. The maximum absolute atomic E-state index is 13.0. The van der Waals surface area contributed by atoms with E-state index in [2.05, 4.69) is 29.6 Å². The minimum Gasteiger partial charge on any atom is -0.481 e. The third kappa shape index (κ3) is 4.90. The number of carbonyl (C=O) groups is 3. The summed E-state index contributed by atoms with van der Waals surface area (Å²) in [6.07, 6.45) is 1.52. The van der Waals surface area contributed by atoms with Crippen molar-refractivity contribution >= 4 is 18.0 Å². The molecule has 2 aliphatic rings. The Kier molecular flexibility index (Phi) is 7.43. The Labute approximate surface area is 206 Å². The van der Waals surface area contributed by atoms with E-state index in [-0.39, 0.29) is 30.9 Å². The largest absolute Gasteiger partial charge is 0.481 e. The van der Waals surface area contributed by atoms with E-state index in [1.54, 1.807) is 4.90 Å². The first kappa shape index (κ1) is 24.8. The summed E-state index contributed by atoms with van der Waals surface area (Å²) in [7, 11) is 0. The minimum absolute atomic E-state index is 0.0156. The molecule has 2 amide bonds. The topological polar surface area (TPSA) is 95.9 Å². The van der Waals surface area contributed by atoms with Gasteiger partial charge in [-0.15, -0.1) is 0 Å². The number of amides is 2. The van der Waals surface area contributed by atoms with Crippen LogP contribution in [0.15, 0.2) is 48.5 Å². The van der Waals surface area contributed by atoms with E-state index in [9.17, 15) is 19.5 Å². The van der Waals surface area contributed by atoms with Crippen LogP contribution in [0.2, 0.25) is 0 Å². The Bertz CT molecular complexity index is 1040. The van der Waals surface area contributed by atoms with E-state index < -0.39 is 17.5 Å². The number of fused-ring (bicyclic) bond motifs is 3. The number of alkyl carbamates (subject to hydrolysis) is 1. The zero-order chi connectivity index (χ0) is 25.0.